The van der Waals surface area contributed by atoms with Gasteiger partial charge in [0.15, 0.2) is 11.5 Å². The predicted molar refractivity (Wildman–Crippen MR) is 107 cm³/mol. The number of hydrogen-bond acceptors (Lipinski definition) is 5. The number of nitrogens with zero attached hydrogens (tertiary/aromatic N) is 1. The summed E-state index contributed by atoms with van der Waals surface area (Å²) in [4.78, 5) is 17.3. The molecule has 0 spiro atoms. The van der Waals surface area contributed by atoms with Crippen molar-refractivity contribution in [3.8, 4) is 11.5 Å². The molecule has 0 radical (unpaired) electrons. The maximum atomic E-state index is 12.1. The average Bonchev–Trinajstić information content (AvgIpc) is 2.65. The van der Waals surface area contributed by atoms with Gasteiger partial charge in [0.05, 0.1) is 25.0 Å². The van der Waals surface area contributed by atoms with Gasteiger partial charge in [0.2, 0.25) is 6.10 Å². The van der Waals surface area contributed by atoms with Crippen LogP contribution in [0.4, 0.5) is 5.69 Å². The zero-order valence-electron chi connectivity index (χ0n) is 15.2. The summed E-state index contributed by atoms with van der Waals surface area (Å²) in [7, 11) is 1.52. The first-order chi connectivity index (χ1) is 12.9. The molecule has 27 heavy (non-hydrogen) atoms. The third-order valence-electron chi connectivity index (χ3n) is 3.44. The maximum Gasteiger partial charge on any atom is 0.267 e. The summed E-state index contributed by atoms with van der Waals surface area (Å²) in [5, 5.41) is 7.54. The predicted octanol–water partition coefficient (Wildman–Crippen LogP) is 4.78. The molecule has 8 heteroatoms. The second-order valence-corrected chi connectivity index (χ2v) is 6.29. The number of halogens is 2. The van der Waals surface area contributed by atoms with Gasteiger partial charge in [0.25, 0.3) is 5.91 Å². The van der Waals surface area contributed by atoms with Crippen molar-refractivity contribution in [1.82, 2.24) is 0 Å². The van der Waals surface area contributed by atoms with Gasteiger partial charge in [0.1, 0.15) is 0 Å². The maximum absolute atomic E-state index is 12.1. The van der Waals surface area contributed by atoms with Gasteiger partial charge in [-0.05, 0) is 50.2 Å². The number of oxime groups is 1. The SMILES string of the molecule is CCOc1c(Cl)cc(/C=N\O[C@H](C)C(=O)Nc2ccc(Cl)cc2)cc1OC. The Labute approximate surface area is 168 Å². The fourth-order valence-electron chi connectivity index (χ4n) is 2.11. The van der Waals surface area contributed by atoms with Gasteiger partial charge in [0, 0.05) is 16.3 Å². The number of anilines is 1. The molecule has 1 N–H and O–H groups in total. The van der Waals surface area contributed by atoms with E-state index in [2.05, 4.69) is 10.5 Å². The smallest absolute Gasteiger partial charge is 0.267 e. The first-order valence-electron chi connectivity index (χ1n) is 8.20. The van der Waals surface area contributed by atoms with E-state index in [0.717, 1.165) is 0 Å². The van der Waals surface area contributed by atoms with Gasteiger partial charge in [-0.3, -0.25) is 4.79 Å². The molecule has 2 aromatic carbocycles. The second-order valence-electron chi connectivity index (χ2n) is 5.45. The lowest BCUT2D eigenvalue weighted by molar-refractivity contribution is -0.126. The number of benzene rings is 2. The lowest BCUT2D eigenvalue weighted by Crippen LogP contribution is -2.26. The number of ether oxygens (including phenoxy) is 2. The number of hydrogen-bond donors (Lipinski definition) is 1. The van der Waals surface area contributed by atoms with E-state index in [1.807, 2.05) is 6.92 Å². The molecule has 144 valence electrons. The number of carbonyl (C=O) groups is 1. The minimum atomic E-state index is -0.794. The van der Waals surface area contributed by atoms with E-state index < -0.39 is 6.10 Å². The third-order valence-corrected chi connectivity index (χ3v) is 3.97. The van der Waals surface area contributed by atoms with Gasteiger partial charge >= 0.3 is 0 Å². The Hall–Kier alpha value is -2.44. The van der Waals surface area contributed by atoms with Crippen LogP contribution in [-0.4, -0.2) is 31.9 Å². The van der Waals surface area contributed by atoms with Crippen LogP contribution < -0.4 is 14.8 Å². The van der Waals surface area contributed by atoms with E-state index in [4.69, 9.17) is 37.5 Å². The van der Waals surface area contributed by atoms with Crippen molar-refractivity contribution >= 4 is 41.0 Å². The first kappa shape index (κ1) is 20.9. The summed E-state index contributed by atoms with van der Waals surface area (Å²) >= 11 is 12.0. The van der Waals surface area contributed by atoms with Crippen LogP contribution in [0.5, 0.6) is 11.5 Å². The summed E-state index contributed by atoms with van der Waals surface area (Å²) in [5.74, 6) is 0.617. The topological polar surface area (TPSA) is 69.2 Å². The van der Waals surface area contributed by atoms with Crippen LogP contribution in [0.25, 0.3) is 0 Å². The summed E-state index contributed by atoms with van der Waals surface area (Å²) in [6.07, 6.45) is 0.646. The highest BCUT2D eigenvalue weighted by Gasteiger charge is 2.14. The van der Waals surface area contributed by atoms with Gasteiger partial charge in [-0.1, -0.05) is 28.4 Å². The van der Waals surface area contributed by atoms with Gasteiger partial charge in [-0.15, -0.1) is 0 Å². The lowest BCUT2D eigenvalue weighted by Gasteiger charge is -2.12. The molecule has 0 bridgehead atoms. The normalized spacial score (nSPS) is 11.9. The molecule has 1 atom stereocenters. The summed E-state index contributed by atoms with van der Waals surface area (Å²) in [6, 6.07) is 10.1. The minimum absolute atomic E-state index is 0.336. The second kappa shape index (κ2) is 10.0. The van der Waals surface area contributed by atoms with Crippen LogP contribution in [-0.2, 0) is 9.63 Å². The fraction of sp³-hybridized carbons (Fsp3) is 0.263. The monoisotopic (exact) mass is 410 g/mol. The molecule has 0 saturated carbocycles. The van der Waals surface area contributed by atoms with Crippen molar-refractivity contribution in [1.29, 1.82) is 0 Å². The van der Waals surface area contributed by atoms with E-state index in [1.54, 1.807) is 43.3 Å². The Bertz CT molecular complexity index is 810. The zero-order chi connectivity index (χ0) is 19.8. The molecule has 0 aromatic heterocycles. The molecule has 0 unspecified atom stereocenters. The standard InChI is InChI=1S/C19H20Cl2N2O4/c1-4-26-18-16(21)9-13(10-17(18)25-3)11-22-27-12(2)19(24)23-15-7-5-14(20)6-8-15/h5-12H,4H2,1-3H3,(H,23,24)/b22-11-/t12-/m1/s1. The van der Waals surface area contributed by atoms with Crippen LogP contribution in [0.15, 0.2) is 41.6 Å². The molecule has 1 amide bonds. The lowest BCUT2D eigenvalue weighted by atomic mass is 10.2. The van der Waals surface area contributed by atoms with Gasteiger partial charge in [-0.25, -0.2) is 0 Å². The van der Waals surface area contributed by atoms with Crippen LogP contribution >= 0.6 is 23.2 Å². The molecule has 0 aliphatic rings. The van der Waals surface area contributed by atoms with E-state index in [1.165, 1.54) is 13.3 Å². The van der Waals surface area contributed by atoms with Gasteiger partial charge in [-0.2, -0.15) is 0 Å². The Kier molecular flexibility index (Phi) is 7.76. The first-order valence-corrected chi connectivity index (χ1v) is 8.96. The van der Waals surface area contributed by atoms with Crippen LogP contribution in [0.2, 0.25) is 10.0 Å². The number of carbonyl (C=O) groups excluding carboxylic acids is 1. The highest BCUT2D eigenvalue weighted by atomic mass is 35.5. The van der Waals surface area contributed by atoms with Crippen molar-refractivity contribution in [3.05, 3.63) is 52.0 Å². The Morgan fingerprint density at radius 1 is 1.26 bits per heavy atom. The van der Waals surface area contributed by atoms with Crippen LogP contribution in [0.3, 0.4) is 0 Å². The number of nitrogens with one attached hydrogen (secondary N) is 1. The molecule has 0 heterocycles. The van der Waals surface area contributed by atoms with Crippen molar-refractivity contribution in [2.45, 2.75) is 20.0 Å². The molecule has 0 saturated heterocycles. The van der Waals surface area contributed by atoms with Crippen molar-refractivity contribution in [2.75, 3.05) is 19.0 Å². The Morgan fingerprint density at radius 2 is 1.96 bits per heavy atom. The average molecular weight is 411 g/mol. The minimum Gasteiger partial charge on any atom is -0.493 e. The number of rotatable bonds is 8. The highest BCUT2D eigenvalue weighted by molar-refractivity contribution is 6.32. The highest BCUT2D eigenvalue weighted by Crippen LogP contribution is 2.36. The number of amides is 1. The van der Waals surface area contributed by atoms with Crippen LogP contribution in [0.1, 0.15) is 19.4 Å². The molecule has 2 aromatic rings. The molecule has 2 rings (SSSR count). The zero-order valence-corrected chi connectivity index (χ0v) is 16.7. The Balaban J connectivity index is 1.98. The van der Waals surface area contributed by atoms with Crippen molar-refractivity contribution in [2.24, 2.45) is 5.16 Å². The van der Waals surface area contributed by atoms with E-state index in [0.29, 0.717) is 39.4 Å². The number of methoxy groups -OCH3 is 1. The molecule has 0 aliphatic heterocycles. The molecule has 6 nitrogen and oxygen atoms in total. The third kappa shape index (κ3) is 6.05. The van der Waals surface area contributed by atoms with E-state index in [9.17, 15) is 4.79 Å². The van der Waals surface area contributed by atoms with Crippen molar-refractivity contribution in [3.63, 3.8) is 0 Å². The molecular formula is C19H20Cl2N2O4. The molecular weight excluding hydrogens is 391 g/mol. The largest absolute Gasteiger partial charge is 0.493 e. The quantitative estimate of drug-likeness (QED) is 0.502. The molecule has 0 fully saturated rings. The Morgan fingerprint density at radius 3 is 2.59 bits per heavy atom. The molecule has 0 aliphatic carbocycles. The van der Waals surface area contributed by atoms with Crippen LogP contribution in [0, 0.1) is 0 Å². The van der Waals surface area contributed by atoms with E-state index in [-0.39, 0.29) is 5.91 Å². The van der Waals surface area contributed by atoms with E-state index >= 15 is 0 Å². The van der Waals surface area contributed by atoms with Crippen molar-refractivity contribution < 1.29 is 19.1 Å². The fourth-order valence-corrected chi connectivity index (χ4v) is 2.51. The summed E-state index contributed by atoms with van der Waals surface area (Å²) in [6.45, 7) is 3.91. The summed E-state index contributed by atoms with van der Waals surface area (Å²) < 4.78 is 10.7. The van der Waals surface area contributed by atoms with Gasteiger partial charge < -0.3 is 19.6 Å². The summed E-state index contributed by atoms with van der Waals surface area (Å²) in [5.41, 5.74) is 1.26.